The van der Waals surface area contributed by atoms with E-state index in [1.54, 1.807) is 10.2 Å². The van der Waals surface area contributed by atoms with Gasteiger partial charge in [-0.25, -0.2) is 31.9 Å². The molecule has 16 heavy (non-hydrogen) atoms. The molecule has 0 aliphatic heterocycles. The predicted octanol–water partition coefficient (Wildman–Crippen LogP) is -0.377. The minimum Gasteiger partial charge on any atom is -0.264 e. The summed E-state index contributed by atoms with van der Waals surface area (Å²) in [6, 6.07) is 0. The first-order valence-electron chi connectivity index (χ1n) is 5.83. The van der Waals surface area contributed by atoms with Crippen molar-refractivity contribution in [2.75, 3.05) is 26.2 Å². The highest BCUT2D eigenvalue weighted by Gasteiger charge is 2.14. The van der Waals surface area contributed by atoms with Gasteiger partial charge in [0.05, 0.1) is 0 Å². The molecule has 0 spiro atoms. The molecule has 7 nitrogen and oxygen atoms in total. The molecule has 0 aromatic rings. The molecular formula is C9H25N7. The number of nitrogens with zero attached hydrogens (tertiary/aromatic N) is 2. The molecule has 0 unspecified atom stereocenters. The number of rotatable bonds is 8. The highest BCUT2D eigenvalue weighted by Crippen LogP contribution is 1.85. The van der Waals surface area contributed by atoms with E-state index in [4.69, 9.17) is 5.41 Å². The van der Waals surface area contributed by atoms with E-state index in [-0.39, 0.29) is 5.96 Å². The fourth-order valence-corrected chi connectivity index (χ4v) is 1.14. The fourth-order valence-electron chi connectivity index (χ4n) is 1.14. The van der Waals surface area contributed by atoms with Crippen LogP contribution in [0.5, 0.6) is 0 Å². The molecule has 0 radical (unpaired) electrons. The highest BCUT2D eigenvalue weighted by molar-refractivity contribution is 5.74. The second-order valence-electron chi connectivity index (χ2n) is 3.04. The van der Waals surface area contributed by atoms with Crippen molar-refractivity contribution >= 4 is 5.96 Å². The van der Waals surface area contributed by atoms with E-state index in [9.17, 15) is 0 Å². The molecule has 0 rings (SSSR count). The molecule has 0 aliphatic carbocycles. The smallest absolute Gasteiger partial charge is 0.253 e. The normalized spacial score (nSPS) is 10.2. The predicted molar refractivity (Wildman–Crippen MR) is 66.1 cm³/mol. The average molecular weight is 231 g/mol. The minimum atomic E-state index is 0.285. The van der Waals surface area contributed by atoms with Crippen molar-refractivity contribution in [2.45, 2.75) is 27.7 Å². The Morgan fingerprint density at radius 2 is 1.00 bits per heavy atom. The van der Waals surface area contributed by atoms with Crippen molar-refractivity contribution in [1.82, 2.24) is 31.9 Å². The van der Waals surface area contributed by atoms with Crippen LogP contribution < -0.4 is 21.7 Å². The molecule has 7 heteroatoms. The Balaban J connectivity index is 4.38. The highest BCUT2D eigenvalue weighted by atomic mass is 15.9. The van der Waals surface area contributed by atoms with E-state index >= 15 is 0 Å². The van der Waals surface area contributed by atoms with Gasteiger partial charge >= 0.3 is 0 Å². The third kappa shape index (κ3) is 5.26. The molecule has 5 N–H and O–H groups in total. The molecule has 0 amide bonds. The van der Waals surface area contributed by atoms with Crippen LogP contribution in [0.4, 0.5) is 0 Å². The Morgan fingerprint density at radius 1 is 0.750 bits per heavy atom. The number of hydrogen-bond donors (Lipinski definition) is 5. The van der Waals surface area contributed by atoms with Gasteiger partial charge in [-0.05, 0) is 0 Å². The third-order valence-electron chi connectivity index (χ3n) is 1.69. The zero-order chi connectivity index (χ0) is 12.4. The van der Waals surface area contributed by atoms with E-state index < -0.39 is 0 Å². The van der Waals surface area contributed by atoms with Gasteiger partial charge in [0.15, 0.2) is 0 Å². The van der Waals surface area contributed by atoms with Gasteiger partial charge in [0.1, 0.15) is 0 Å². The SMILES string of the molecule is CCNN(NCC)C(=N)N(NCC)NCC. The van der Waals surface area contributed by atoms with Crippen LogP contribution in [0.1, 0.15) is 27.7 Å². The fraction of sp³-hybridized carbons (Fsp3) is 0.889. The molecule has 0 saturated carbocycles. The standard InChI is InChI=1S/C9H25N7/c1-5-11-15(12-6-2)9(10)16(13-7-3)14-8-4/h10-14H,5-8H2,1-4H3. The van der Waals surface area contributed by atoms with Gasteiger partial charge < -0.3 is 0 Å². The Morgan fingerprint density at radius 3 is 1.19 bits per heavy atom. The lowest BCUT2D eigenvalue weighted by molar-refractivity contribution is 0.137. The summed E-state index contributed by atoms with van der Waals surface area (Å²) >= 11 is 0. The lowest BCUT2D eigenvalue weighted by Crippen LogP contribution is -2.63. The van der Waals surface area contributed by atoms with Gasteiger partial charge in [-0.15, -0.1) is 0 Å². The van der Waals surface area contributed by atoms with Gasteiger partial charge in [0, 0.05) is 26.2 Å². The molecule has 0 atom stereocenters. The number of hydrazine groups is 4. The van der Waals surface area contributed by atoms with Crippen LogP contribution in [-0.4, -0.2) is 42.4 Å². The summed E-state index contributed by atoms with van der Waals surface area (Å²) in [6.07, 6.45) is 0. The summed E-state index contributed by atoms with van der Waals surface area (Å²) in [4.78, 5) is 0. The van der Waals surface area contributed by atoms with Gasteiger partial charge in [0.25, 0.3) is 5.96 Å². The first-order chi connectivity index (χ1) is 7.71. The van der Waals surface area contributed by atoms with Crippen LogP contribution in [0.15, 0.2) is 0 Å². The van der Waals surface area contributed by atoms with Crippen LogP contribution >= 0.6 is 0 Å². The maximum Gasteiger partial charge on any atom is 0.253 e. The van der Waals surface area contributed by atoms with E-state index in [0.29, 0.717) is 0 Å². The van der Waals surface area contributed by atoms with E-state index in [1.165, 1.54) is 0 Å². The largest absolute Gasteiger partial charge is 0.264 e. The van der Waals surface area contributed by atoms with Crippen molar-refractivity contribution in [1.29, 1.82) is 5.41 Å². The Kier molecular flexibility index (Phi) is 8.82. The van der Waals surface area contributed by atoms with Crippen LogP contribution in [0.25, 0.3) is 0 Å². The third-order valence-corrected chi connectivity index (χ3v) is 1.69. The summed E-state index contributed by atoms with van der Waals surface area (Å²) in [5.41, 5.74) is 12.2. The second kappa shape index (κ2) is 9.34. The van der Waals surface area contributed by atoms with Crippen molar-refractivity contribution in [3.05, 3.63) is 0 Å². The lowest BCUT2D eigenvalue weighted by Gasteiger charge is -2.32. The molecule has 0 aliphatic rings. The maximum absolute atomic E-state index is 8.02. The monoisotopic (exact) mass is 231 g/mol. The van der Waals surface area contributed by atoms with E-state index in [2.05, 4.69) is 21.7 Å². The van der Waals surface area contributed by atoms with Crippen LogP contribution in [-0.2, 0) is 0 Å². The molecule has 96 valence electrons. The maximum atomic E-state index is 8.02. The zero-order valence-corrected chi connectivity index (χ0v) is 10.7. The van der Waals surface area contributed by atoms with Crippen molar-refractivity contribution < 1.29 is 0 Å². The summed E-state index contributed by atoms with van der Waals surface area (Å²) < 4.78 is 0. The molecule has 0 fully saturated rings. The van der Waals surface area contributed by atoms with Gasteiger partial charge in [-0.3, -0.25) is 5.41 Å². The summed E-state index contributed by atoms with van der Waals surface area (Å²) in [5, 5.41) is 11.2. The minimum absolute atomic E-state index is 0.285. The van der Waals surface area contributed by atoms with E-state index in [1.807, 2.05) is 27.7 Å². The van der Waals surface area contributed by atoms with Crippen LogP contribution in [0.2, 0.25) is 0 Å². The first kappa shape index (κ1) is 15.1. The van der Waals surface area contributed by atoms with Crippen molar-refractivity contribution in [2.24, 2.45) is 0 Å². The van der Waals surface area contributed by atoms with E-state index in [0.717, 1.165) is 26.2 Å². The zero-order valence-electron chi connectivity index (χ0n) is 10.7. The first-order valence-corrected chi connectivity index (χ1v) is 5.83. The summed E-state index contributed by atoms with van der Waals surface area (Å²) in [6.45, 7) is 11.0. The Bertz CT molecular complexity index is 155. The molecule has 0 heterocycles. The Hall–Kier alpha value is -0.890. The number of nitrogens with one attached hydrogen (secondary N) is 5. The van der Waals surface area contributed by atoms with Crippen LogP contribution in [0, 0.1) is 5.41 Å². The van der Waals surface area contributed by atoms with Gasteiger partial charge in [-0.1, -0.05) is 27.7 Å². The number of hydrogen-bond acceptors (Lipinski definition) is 5. The van der Waals surface area contributed by atoms with Gasteiger partial charge in [-0.2, -0.15) is 0 Å². The quantitative estimate of drug-likeness (QED) is 0.223. The molecular weight excluding hydrogens is 206 g/mol. The molecule has 0 bridgehead atoms. The summed E-state index contributed by atoms with van der Waals surface area (Å²) in [7, 11) is 0. The van der Waals surface area contributed by atoms with Gasteiger partial charge in [0.2, 0.25) is 0 Å². The second-order valence-corrected chi connectivity index (χ2v) is 3.04. The molecule has 0 aromatic carbocycles. The van der Waals surface area contributed by atoms with Crippen molar-refractivity contribution in [3.63, 3.8) is 0 Å². The lowest BCUT2D eigenvalue weighted by atomic mass is 10.7. The molecule has 0 saturated heterocycles. The topological polar surface area (TPSA) is 78.5 Å². The number of guanidine groups is 1. The van der Waals surface area contributed by atoms with Crippen molar-refractivity contribution in [3.8, 4) is 0 Å². The average Bonchev–Trinajstić information content (AvgIpc) is 2.27. The van der Waals surface area contributed by atoms with Crippen LogP contribution in [0.3, 0.4) is 0 Å². The summed E-state index contributed by atoms with van der Waals surface area (Å²) in [5.74, 6) is 0.285. The molecule has 0 aromatic heterocycles. The Labute approximate surface area is 97.9 Å².